The molecule has 2 aromatic carbocycles. The van der Waals surface area contributed by atoms with Crippen molar-refractivity contribution in [3.05, 3.63) is 58.7 Å². The SMILES string of the molecule is CCc1ccc(OCc2c(CC)cccc2OC(=O)OC)c(CC)c1. The van der Waals surface area contributed by atoms with Crippen LogP contribution < -0.4 is 9.47 Å². The van der Waals surface area contributed by atoms with Crippen LogP contribution in [0.25, 0.3) is 0 Å². The zero-order chi connectivity index (χ0) is 18.2. The topological polar surface area (TPSA) is 44.8 Å². The monoisotopic (exact) mass is 342 g/mol. The Morgan fingerprint density at radius 2 is 1.68 bits per heavy atom. The van der Waals surface area contributed by atoms with Gasteiger partial charge in [-0.25, -0.2) is 4.79 Å². The fourth-order valence-corrected chi connectivity index (χ4v) is 2.75. The van der Waals surface area contributed by atoms with Gasteiger partial charge in [0.15, 0.2) is 0 Å². The molecular weight excluding hydrogens is 316 g/mol. The van der Waals surface area contributed by atoms with E-state index in [4.69, 9.17) is 9.47 Å². The lowest BCUT2D eigenvalue weighted by molar-refractivity contribution is 0.120. The second kappa shape index (κ2) is 9.11. The van der Waals surface area contributed by atoms with E-state index in [2.05, 4.69) is 37.6 Å². The first-order chi connectivity index (χ1) is 12.1. The van der Waals surface area contributed by atoms with E-state index in [1.54, 1.807) is 6.07 Å². The maximum atomic E-state index is 11.5. The van der Waals surface area contributed by atoms with Gasteiger partial charge in [-0.2, -0.15) is 0 Å². The van der Waals surface area contributed by atoms with E-state index in [1.165, 1.54) is 18.2 Å². The van der Waals surface area contributed by atoms with Crippen molar-refractivity contribution in [2.75, 3.05) is 7.11 Å². The number of carbonyl (C=O) groups excluding carboxylic acids is 1. The van der Waals surface area contributed by atoms with Gasteiger partial charge in [-0.15, -0.1) is 0 Å². The maximum Gasteiger partial charge on any atom is 0.513 e. The Bertz CT molecular complexity index is 722. The van der Waals surface area contributed by atoms with Crippen molar-refractivity contribution in [2.24, 2.45) is 0 Å². The Morgan fingerprint density at radius 3 is 2.32 bits per heavy atom. The zero-order valence-corrected chi connectivity index (χ0v) is 15.4. The summed E-state index contributed by atoms with van der Waals surface area (Å²) in [6.07, 6.45) is 2.01. The van der Waals surface area contributed by atoms with Crippen LogP contribution in [0.1, 0.15) is 43.0 Å². The number of hydrogen-bond acceptors (Lipinski definition) is 4. The van der Waals surface area contributed by atoms with E-state index < -0.39 is 6.16 Å². The van der Waals surface area contributed by atoms with Gasteiger partial charge in [-0.05, 0) is 48.1 Å². The van der Waals surface area contributed by atoms with Crippen LogP contribution in [0.3, 0.4) is 0 Å². The molecule has 0 fully saturated rings. The van der Waals surface area contributed by atoms with Gasteiger partial charge >= 0.3 is 6.16 Å². The van der Waals surface area contributed by atoms with Crippen molar-refractivity contribution < 1.29 is 19.0 Å². The molecule has 0 heterocycles. The first-order valence-corrected chi connectivity index (χ1v) is 8.74. The van der Waals surface area contributed by atoms with Crippen molar-refractivity contribution in [1.82, 2.24) is 0 Å². The molecule has 4 nitrogen and oxygen atoms in total. The molecule has 0 spiro atoms. The minimum Gasteiger partial charge on any atom is -0.488 e. The van der Waals surface area contributed by atoms with Gasteiger partial charge in [-0.1, -0.05) is 45.0 Å². The molecule has 0 N–H and O–H groups in total. The minimum atomic E-state index is -0.726. The van der Waals surface area contributed by atoms with E-state index in [-0.39, 0.29) is 0 Å². The van der Waals surface area contributed by atoms with Gasteiger partial charge in [0.05, 0.1) is 7.11 Å². The lowest BCUT2D eigenvalue weighted by Gasteiger charge is -2.16. The maximum absolute atomic E-state index is 11.5. The van der Waals surface area contributed by atoms with Crippen LogP contribution in [0.15, 0.2) is 36.4 Å². The summed E-state index contributed by atoms with van der Waals surface area (Å²) in [4.78, 5) is 11.5. The van der Waals surface area contributed by atoms with E-state index in [0.29, 0.717) is 12.4 Å². The van der Waals surface area contributed by atoms with E-state index >= 15 is 0 Å². The zero-order valence-electron chi connectivity index (χ0n) is 15.4. The molecule has 134 valence electrons. The Balaban J connectivity index is 2.26. The third-order valence-corrected chi connectivity index (χ3v) is 4.26. The van der Waals surface area contributed by atoms with Crippen LogP contribution in [-0.4, -0.2) is 13.3 Å². The highest BCUT2D eigenvalue weighted by atomic mass is 16.7. The third-order valence-electron chi connectivity index (χ3n) is 4.26. The summed E-state index contributed by atoms with van der Waals surface area (Å²) in [6.45, 7) is 6.67. The number of rotatable bonds is 7. The van der Waals surface area contributed by atoms with Crippen LogP contribution in [-0.2, 0) is 30.6 Å². The highest BCUT2D eigenvalue weighted by Gasteiger charge is 2.14. The largest absolute Gasteiger partial charge is 0.513 e. The first-order valence-electron chi connectivity index (χ1n) is 8.74. The molecule has 0 aliphatic heterocycles. The molecule has 0 aliphatic rings. The molecular formula is C21H26O4. The normalized spacial score (nSPS) is 10.4. The summed E-state index contributed by atoms with van der Waals surface area (Å²) in [5.41, 5.74) is 4.44. The number of ether oxygens (including phenoxy) is 3. The molecule has 0 amide bonds. The smallest absolute Gasteiger partial charge is 0.488 e. The van der Waals surface area contributed by atoms with E-state index in [1.807, 2.05) is 18.2 Å². The molecule has 0 unspecified atom stereocenters. The number of hydrogen-bond donors (Lipinski definition) is 0. The quantitative estimate of drug-likeness (QED) is 0.519. The van der Waals surface area contributed by atoms with Gasteiger partial charge < -0.3 is 14.2 Å². The standard InChI is InChI=1S/C21H26O4/c1-5-15-11-12-19(17(7-3)13-15)24-14-18-16(6-2)9-8-10-20(18)25-21(22)23-4/h8-13H,5-7,14H2,1-4H3. The van der Waals surface area contributed by atoms with E-state index in [0.717, 1.165) is 36.1 Å². The van der Waals surface area contributed by atoms with Gasteiger partial charge in [0.1, 0.15) is 18.1 Å². The Labute approximate surface area is 149 Å². The summed E-state index contributed by atoms with van der Waals surface area (Å²) in [7, 11) is 1.30. The molecule has 0 saturated carbocycles. The van der Waals surface area contributed by atoms with E-state index in [9.17, 15) is 4.79 Å². The molecule has 2 aromatic rings. The number of methoxy groups -OCH3 is 1. The molecule has 4 heteroatoms. The average molecular weight is 342 g/mol. The van der Waals surface area contributed by atoms with Crippen molar-refractivity contribution in [3.8, 4) is 11.5 Å². The Kier molecular flexibility index (Phi) is 6.87. The molecule has 0 atom stereocenters. The summed E-state index contributed by atoms with van der Waals surface area (Å²) in [5, 5.41) is 0. The molecule has 2 rings (SSSR count). The highest BCUT2D eigenvalue weighted by molar-refractivity contribution is 5.64. The van der Waals surface area contributed by atoms with Crippen LogP contribution in [0, 0.1) is 0 Å². The van der Waals surface area contributed by atoms with Gasteiger partial charge in [0, 0.05) is 5.56 Å². The summed E-state index contributed by atoms with van der Waals surface area (Å²) in [5.74, 6) is 1.35. The van der Waals surface area contributed by atoms with Crippen LogP contribution >= 0.6 is 0 Å². The summed E-state index contributed by atoms with van der Waals surface area (Å²) >= 11 is 0. The predicted octanol–water partition coefficient (Wildman–Crippen LogP) is 5.10. The molecule has 25 heavy (non-hydrogen) atoms. The van der Waals surface area contributed by atoms with Gasteiger partial charge in [0.2, 0.25) is 0 Å². The van der Waals surface area contributed by atoms with Crippen molar-refractivity contribution >= 4 is 6.16 Å². The Hall–Kier alpha value is -2.49. The van der Waals surface area contributed by atoms with Crippen molar-refractivity contribution in [3.63, 3.8) is 0 Å². The van der Waals surface area contributed by atoms with Gasteiger partial charge in [0.25, 0.3) is 0 Å². The van der Waals surface area contributed by atoms with Crippen molar-refractivity contribution in [2.45, 2.75) is 46.6 Å². The van der Waals surface area contributed by atoms with Gasteiger partial charge in [-0.3, -0.25) is 0 Å². The average Bonchev–Trinajstić information content (AvgIpc) is 2.66. The summed E-state index contributed by atoms with van der Waals surface area (Å²) < 4.78 is 16.0. The van der Waals surface area contributed by atoms with Crippen LogP contribution in [0.4, 0.5) is 4.79 Å². The highest BCUT2D eigenvalue weighted by Crippen LogP contribution is 2.27. The van der Waals surface area contributed by atoms with Crippen LogP contribution in [0.5, 0.6) is 11.5 Å². The second-order valence-electron chi connectivity index (χ2n) is 5.74. The molecule has 0 radical (unpaired) electrons. The fraction of sp³-hybridized carbons (Fsp3) is 0.381. The lowest BCUT2D eigenvalue weighted by Crippen LogP contribution is -2.11. The second-order valence-corrected chi connectivity index (χ2v) is 5.74. The Morgan fingerprint density at radius 1 is 0.920 bits per heavy atom. The minimum absolute atomic E-state index is 0.342. The number of carbonyl (C=O) groups is 1. The van der Waals surface area contributed by atoms with Crippen LogP contribution in [0.2, 0.25) is 0 Å². The molecule has 0 saturated heterocycles. The number of aryl methyl sites for hydroxylation is 3. The molecule has 0 aromatic heterocycles. The fourth-order valence-electron chi connectivity index (χ4n) is 2.75. The lowest BCUT2D eigenvalue weighted by atomic mass is 10.0. The molecule has 0 aliphatic carbocycles. The first kappa shape index (κ1) is 18.8. The number of benzene rings is 2. The predicted molar refractivity (Wildman–Crippen MR) is 98.4 cm³/mol. The van der Waals surface area contributed by atoms with Crippen molar-refractivity contribution in [1.29, 1.82) is 0 Å². The molecule has 0 bridgehead atoms. The third kappa shape index (κ3) is 4.75. The summed E-state index contributed by atoms with van der Waals surface area (Å²) in [6, 6.07) is 11.9.